The minimum atomic E-state index is -0.545. The molecular weight excluding hydrogens is 539 g/mol. The minimum Gasteiger partial charge on any atom is -0.473 e. The van der Waals surface area contributed by atoms with Crippen LogP contribution in [0.15, 0.2) is 72.8 Å². The zero-order valence-electron chi connectivity index (χ0n) is 22.4. The first kappa shape index (κ1) is 27.0. The van der Waals surface area contributed by atoms with Crippen molar-refractivity contribution in [2.24, 2.45) is 5.41 Å². The van der Waals surface area contributed by atoms with Crippen LogP contribution in [0.3, 0.4) is 0 Å². The third-order valence-corrected chi connectivity index (χ3v) is 7.69. The van der Waals surface area contributed by atoms with E-state index in [9.17, 15) is 14.0 Å². The van der Waals surface area contributed by atoms with Gasteiger partial charge in [-0.1, -0.05) is 30.3 Å². The van der Waals surface area contributed by atoms with Gasteiger partial charge < -0.3 is 9.30 Å². The topological polar surface area (TPSA) is 87.5 Å². The second kappa shape index (κ2) is 11.0. The average Bonchev–Trinajstić information content (AvgIpc) is 3.67. The summed E-state index contributed by atoms with van der Waals surface area (Å²) in [5.74, 6) is -0.671. The Morgan fingerprint density at radius 1 is 0.857 bits per heavy atom. The molecule has 1 saturated carbocycles. The fourth-order valence-corrected chi connectivity index (χ4v) is 5.10. The van der Waals surface area contributed by atoms with E-state index in [1.165, 1.54) is 24.3 Å². The molecule has 6 nitrogen and oxygen atoms in total. The number of imidazole rings is 1. The van der Waals surface area contributed by atoms with Gasteiger partial charge in [0.1, 0.15) is 29.6 Å². The summed E-state index contributed by atoms with van der Waals surface area (Å²) in [6.45, 7) is 0.442. The Balaban J connectivity index is 1.23. The molecular formula is C33H24F3N5O. The normalized spacial score (nSPS) is 13.5. The number of para-hydroxylation sites is 1. The van der Waals surface area contributed by atoms with Gasteiger partial charge in [0.2, 0.25) is 5.88 Å². The van der Waals surface area contributed by atoms with Crippen LogP contribution in [-0.2, 0) is 19.6 Å². The Hall–Kier alpha value is -5.15. The Morgan fingerprint density at radius 3 is 2.38 bits per heavy atom. The highest BCUT2D eigenvalue weighted by Gasteiger charge is 2.43. The van der Waals surface area contributed by atoms with E-state index in [0.717, 1.165) is 18.9 Å². The average molecular weight is 564 g/mol. The number of aromatic nitrogens is 3. The molecule has 42 heavy (non-hydrogen) atoms. The van der Waals surface area contributed by atoms with Crippen molar-refractivity contribution in [3.05, 3.63) is 113 Å². The van der Waals surface area contributed by atoms with Crippen molar-refractivity contribution >= 4 is 11.0 Å². The number of nitriles is 2. The molecule has 0 N–H and O–H groups in total. The first-order valence-electron chi connectivity index (χ1n) is 13.5. The summed E-state index contributed by atoms with van der Waals surface area (Å²) < 4.78 is 51.9. The molecule has 0 saturated heterocycles. The van der Waals surface area contributed by atoms with Crippen LogP contribution >= 0.6 is 0 Å². The number of ether oxygens (including phenoxy) is 1. The van der Waals surface area contributed by atoms with E-state index in [2.05, 4.69) is 16.0 Å². The van der Waals surface area contributed by atoms with Crippen molar-refractivity contribution < 1.29 is 17.9 Å². The van der Waals surface area contributed by atoms with Crippen molar-refractivity contribution in [3.8, 4) is 29.3 Å². The molecule has 6 rings (SSSR count). The summed E-state index contributed by atoms with van der Waals surface area (Å²) in [7, 11) is 0. The number of hydrogen-bond donors (Lipinski definition) is 0. The van der Waals surface area contributed by atoms with Crippen LogP contribution in [0.4, 0.5) is 13.2 Å². The molecule has 0 amide bonds. The van der Waals surface area contributed by atoms with Crippen LogP contribution < -0.4 is 4.74 Å². The molecule has 5 aromatic rings. The van der Waals surface area contributed by atoms with Gasteiger partial charge in [0, 0.05) is 42.0 Å². The molecule has 1 aliphatic carbocycles. The van der Waals surface area contributed by atoms with E-state index < -0.39 is 17.5 Å². The third kappa shape index (κ3) is 5.42. The summed E-state index contributed by atoms with van der Waals surface area (Å²) in [6.07, 6.45) is 2.38. The highest BCUT2D eigenvalue weighted by molar-refractivity contribution is 5.77. The quantitative estimate of drug-likeness (QED) is 0.189. The van der Waals surface area contributed by atoms with E-state index in [-0.39, 0.29) is 41.0 Å². The highest BCUT2D eigenvalue weighted by Crippen LogP contribution is 2.50. The van der Waals surface area contributed by atoms with Crippen LogP contribution in [0.25, 0.3) is 22.3 Å². The number of halogens is 3. The van der Waals surface area contributed by atoms with Gasteiger partial charge >= 0.3 is 0 Å². The Bertz CT molecular complexity index is 1900. The molecule has 1 aliphatic rings. The van der Waals surface area contributed by atoms with Gasteiger partial charge in [-0.3, -0.25) is 0 Å². The third-order valence-electron chi connectivity index (χ3n) is 7.69. The van der Waals surface area contributed by atoms with E-state index >= 15 is 4.39 Å². The zero-order valence-corrected chi connectivity index (χ0v) is 22.4. The minimum absolute atomic E-state index is 0.0848. The summed E-state index contributed by atoms with van der Waals surface area (Å²) in [5, 5.41) is 18.2. The van der Waals surface area contributed by atoms with Crippen molar-refractivity contribution in [2.75, 3.05) is 0 Å². The monoisotopic (exact) mass is 563 g/mol. The van der Waals surface area contributed by atoms with Gasteiger partial charge in [0.25, 0.3) is 0 Å². The summed E-state index contributed by atoms with van der Waals surface area (Å²) in [4.78, 5) is 8.99. The SMILES string of the molecule is N#CCC1(Cn2c(Cc3ccc(-c4cccc(OCc5ccc(C#N)cc5F)n4)cc3F)nc3c(F)cccc32)CC1. The van der Waals surface area contributed by atoms with Crippen LogP contribution in [0.1, 0.15) is 41.8 Å². The number of benzene rings is 3. The molecule has 0 unspecified atom stereocenters. The van der Waals surface area contributed by atoms with Gasteiger partial charge in [-0.2, -0.15) is 10.5 Å². The predicted molar refractivity (Wildman–Crippen MR) is 149 cm³/mol. The van der Waals surface area contributed by atoms with E-state index in [1.54, 1.807) is 42.5 Å². The number of fused-ring (bicyclic) bond motifs is 1. The number of pyridine rings is 1. The predicted octanol–water partition coefficient (Wildman–Crippen LogP) is 7.25. The van der Waals surface area contributed by atoms with Crippen LogP contribution in [0.2, 0.25) is 0 Å². The molecule has 2 heterocycles. The Kier molecular flexibility index (Phi) is 7.10. The molecule has 208 valence electrons. The Morgan fingerprint density at radius 2 is 1.64 bits per heavy atom. The first-order chi connectivity index (χ1) is 20.4. The maximum absolute atomic E-state index is 15.5. The van der Waals surface area contributed by atoms with Gasteiger partial charge in [0.15, 0.2) is 5.82 Å². The molecule has 9 heteroatoms. The molecule has 0 radical (unpaired) electrons. The maximum Gasteiger partial charge on any atom is 0.214 e. The van der Waals surface area contributed by atoms with Gasteiger partial charge in [-0.15, -0.1) is 0 Å². The lowest BCUT2D eigenvalue weighted by Crippen LogP contribution is -2.14. The molecule has 0 spiro atoms. The van der Waals surface area contributed by atoms with E-state index in [0.29, 0.717) is 41.1 Å². The highest BCUT2D eigenvalue weighted by atomic mass is 19.1. The molecule has 0 atom stereocenters. The standard InChI is InChI=1S/C33H24F3N5O/c34-25-3-1-5-29-32(25)40-30(41(29)20-33(11-12-33)13-14-37)17-22-9-10-23(16-27(22)36)28-4-2-6-31(39-28)42-19-24-8-7-21(18-38)15-26(24)35/h1-10,15-16H,11-13,17,19-20H2. The van der Waals surface area contributed by atoms with Crippen molar-refractivity contribution in [1.29, 1.82) is 10.5 Å². The molecule has 1 fully saturated rings. The smallest absolute Gasteiger partial charge is 0.214 e. The molecule has 0 aliphatic heterocycles. The summed E-state index contributed by atoms with van der Waals surface area (Å²) in [5.41, 5.74) is 2.60. The van der Waals surface area contributed by atoms with Crippen molar-refractivity contribution in [3.63, 3.8) is 0 Å². The molecule has 0 bridgehead atoms. The second-order valence-corrected chi connectivity index (χ2v) is 10.6. The molecule has 2 aromatic heterocycles. The van der Waals surface area contributed by atoms with Gasteiger partial charge in [0.05, 0.1) is 28.9 Å². The number of nitrogens with zero attached hydrogens (tertiary/aromatic N) is 5. The fraction of sp³-hybridized carbons (Fsp3) is 0.212. The van der Waals surface area contributed by atoms with Crippen LogP contribution in [0.5, 0.6) is 5.88 Å². The largest absolute Gasteiger partial charge is 0.473 e. The maximum atomic E-state index is 15.5. The molecule has 3 aromatic carbocycles. The lowest BCUT2D eigenvalue weighted by molar-refractivity contribution is 0.288. The van der Waals surface area contributed by atoms with Gasteiger partial charge in [-0.25, -0.2) is 23.1 Å². The van der Waals surface area contributed by atoms with Crippen LogP contribution in [0, 0.1) is 45.5 Å². The lowest BCUT2D eigenvalue weighted by Gasteiger charge is -2.16. The van der Waals surface area contributed by atoms with Crippen molar-refractivity contribution in [1.82, 2.24) is 14.5 Å². The first-order valence-corrected chi connectivity index (χ1v) is 13.5. The summed E-state index contributed by atoms with van der Waals surface area (Å²) >= 11 is 0. The summed E-state index contributed by atoms with van der Waals surface area (Å²) in [6, 6.07) is 22.9. The Labute approximate surface area is 240 Å². The van der Waals surface area contributed by atoms with Crippen molar-refractivity contribution in [2.45, 2.75) is 38.8 Å². The fourth-order valence-electron chi connectivity index (χ4n) is 5.10. The van der Waals surface area contributed by atoms with Crippen LogP contribution in [-0.4, -0.2) is 14.5 Å². The number of hydrogen-bond acceptors (Lipinski definition) is 5. The van der Waals surface area contributed by atoms with E-state index in [1.807, 2.05) is 10.6 Å². The second-order valence-electron chi connectivity index (χ2n) is 10.6. The van der Waals surface area contributed by atoms with E-state index in [4.69, 9.17) is 10.00 Å². The zero-order chi connectivity index (χ0) is 29.3. The lowest BCUT2D eigenvalue weighted by atomic mass is 10.0. The number of rotatable bonds is 9. The van der Waals surface area contributed by atoms with Gasteiger partial charge in [-0.05, 0) is 54.8 Å².